The molecule has 2 heterocycles. The molecule has 0 aliphatic carbocycles. The summed E-state index contributed by atoms with van der Waals surface area (Å²) in [5.74, 6) is 0. The van der Waals surface area contributed by atoms with Gasteiger partial charge in [-0.25, -0.2) is 4.79 Å². The van der Waals surface area contributed by atoms with Crippen LogP contribution in [0, 0.1) is 0 Å². The molecule has 0 bridgehead atoms. The summed E-state index contributed by atoms with van der Waals surface area (Å²) >= 11 is 17.8. The van der Waals surface area contributed by atoms with Crippen LogP contribution < -0.4 is 5.69 Å². The predicted molar refractivity (Wildman–Crippen MR) is 92.9 cm³/mol. The van der Waals surface area contributed by atoms with E-state index in [2.05, 4.69) is 15.9 Å². The Balaban J connectivity index is 2.24. The Morgan fingerprint density at radius 2 is 1.86 bits per heavy atom. The Hall–Kier alpha value is -0.750. The summed E-state index contributed by atoms with van der Waals surface area (Å²) in [7, 11) is 3.51. The summed E-state index contributed by atoms with van der Waals surface area (Å²) in [6.07, 6.45) is 0. The maximum Gasteiger partial charge on any atom is 0.328 e. The summed E-state index contributed by atoms with van der Waals surface area (Å²) in [6, 6.07) is 5.69. The van der Waals surface area contributed by atoms with E-state index >= 15 is 0 Å². The first-order valence-corrected chi connectivity index (χ1v) is 8.62. The van der Waals surface area contributed by atoms with Crippen molar-refractivity contribution in [1.29, 1.82) is 0 Å². The van der Waals surface area contributed by atoms with Crippen LogP contribution in [0.3, 0.4) is 0 Å². The van der Waals surface area contributed by atoms with Crippen molar-refractivity contribution >= 4 is 61.5 Å². The van der Waals surface area contributed by atoms with Crippen molar-refractivity contribution in [2.24, 2.45) is 14.1 Å². The lowest BCUT2D eigenvalue weighted by Gasteiger charge is -2.12. The van der Waals surface area contributed by atoms with Gasteiger partial charge in [-0.1, -0.05) is 27.5 Å². The molecule has 0 saturated carbocycles. The third-order valence-corrected chi connectivity index (χ3v) is 6.23. The third-order valence-electron chi connectivity index (χ3n) is 3.54. The van der Waals surface area contributed by atoms with E-state index in [1.165, 1.54) is 11.3 Å². The normalized spacial score (nSPS) is 13.0. The molecule has 0 radical (unpaired) electrons. The van der Waals surface area contributed by atoms with Crippen molar-refractivity contribution in [2.75, 3.05) is 0 Å². The molecule has 2 aromatic heterocycles. The van der Waals surface area contributed by atoms with Crippen LogP contribution in [0.25, 0.3) is 11.0 Å². The molecule has 0 N–H and O–H groups in total. The number of halogens is 3. The van der Waals surface area contributed by atoms with Gasteiger partial charge in [0.25, 0.3) is 0 Å². The number of aryl methyl sites for hydroxylation is 2. The van der Waals surface area contributed by atoms with E-state index in [0.717, 1.165) is 25.9 Å². The fourth-order valence-corrected chi connectivity index (χ4v) is 4.72. The van der Waals surface area contributed by atoms with Gasteiger partial charge in [-0.3, -0.25) is 9.13 Å². The lowest BCUT2D eigenvalue weighted by atomic mass is 10.1. The second-order valence-electron chi connectivity index (χ2n) is 4.76. The number of nitrogens with zero attached hydrogens (tertiary/aromatic N) is 2. The van der Waals surface area contributed by atoms with Crippen molar-refractivity contribution in [3.63, 3.8) is 0 Å². The summed E-state index contributed by atoms with van der Waals surface area (Å²) in [5, 5.41) is 2.22. The van der Waals surface area contributed by atoms with E-state index in [4.69, 9.17) is 23.2 Å². The van der Waals surface area contributed by atoms with Gasteiger partial charge in [-0.05, 0) is 29.1 Å². The van der Waals surface area contributed by atoms with E-state index in [1.54, 1.807) is 23.2 Å². The molecule has 0 saturated heterocycles. The second kappa shape index (κ2) is 5.47. The Labute approximate surface area is 143 Å². The molecule has 7 heteroatoms. The Bertz CT molecular complexity index is 896. The molecular formula is C14H11BrCl2N2OS. The van der Waals surface area contributed by atoms with Crippen LogP contribution in [0.1, 0.15) is 15.8 Å². The van der Waals surface area contributed by atoms with Gasteiger partial charge in [-0.2, -0.15) is 0 Å². The van der Waals surface area contributed by atoms with Crippen molar-refractivity contribution < 1.29 is 0 Å². The molecule has 1 aromatic carbocycles. The molecular weight excluding hydrogens is 395 g/mol. The van der Waals surface area contributed by atoms with E-state index in [-0.39, 0.29) is 11.1 Å². The quantitative estimate of drug-likeness (QED) is 0.568. The van der Waals surface area contributed by atoms with Crippen LogP contribution in [-0.4, -0.2) is 9.13 Å². The first-order chi connectivity index (χ1) is 9.91. The van der Waals surface area contributed by atoms with Crippen molar-refractivity contribution in [2.45, 2.75) is 5.38 Å². The minimum absolute atomic E-state index is 0.0608. The Morgan fingerprint density at radius 3 is 2.43 bits per heavy atom. The molecule has 0 spiro atoms. The zero-order chi connectivity index (χ0) is 15.3. The summed E-state index contributed by atoms with van der Waals surface area (Å²) < 4.78 is 4.09. The van der Waals surface area contributed by atoms with Crippen molar-refractivity contribution in [3.05, 3.63) is 54.0 Å². The summed E-state index contributed by atoms with van der Waals surface area (Å²) in [5.41, 5.74) is 2.54. The van der Waals surface area contributed by atoms with Crippen LogP contribution in [-0.2, 0) is 14.1 Å². The van der Waals surface area contributed by atoms with Gasteiger partial charge in [0.2, 0.25) is 0 Å². The fourth-order valence-electron chi connectivity index (χ4n) is 2.36. The lowest BCUT2D eigenvalue weighted by molar-refractivity contribution is 0.795. The number of fused-ring (bicyclic) bond motifs is 1. The number of aromatic nitrogens is 2. The standard InChI is InChI=1S/C14H11BrCl2N2OS/c1-18-10-5-7(12(17)13-9(16)3-4-21-13)8(15)6-11(10)19(2)14(18)20/h3-6,12H,1-2H3. The number of thiophene rings is 1. The third kappa shape index (κ3) is 2.36. The Morgan fingerprint density at radius 1 is 1.24 bits per heavy atom. The highest BCUT2D eigenvalue weighted by Crippen LogP contribution is 2.41. The van der Waals surface area contributed by atoms with E-state index in [1.807, 2.05) is 23.6 Å². The van der Waals surface area contributed by atoms with E-state index in [9.17, 15) is 4.79 Å². The summed E-state index contributed by atoms with van der Waals surface area (Å²) in [6.45, 7) is 0. The highest BCUT2D eigenvalue weighted by molar-refractivity contribution is 9.10. The zero-order valence-corrected chi connectivity index (χ0v) is 15.1. The Kier molecular flexibility index (Phi) is 3.94. The summed E-state index contributed by atoms with van der Waals surface area (Å²) in [4.78, 5) is 12.9. The highest BCUT2D eigenvalue weighted by Gasteiger charge is 2.20. The highest BCUT2D eigenvalue weighted by atomic mass is 79.9. The molecule has 1 atom stereocenters. The van der Waals surface area contributed by atoms with Crippen LogP contribution in [0.2, 0.25) is 5.02 Å². The van der Waals surface area contributed by atoms with Gasteiger partial charge in [-0.15, -0.1) is 22.9 Å². The van der Waals surface area contributed by atoms with Crippen molar-refractivity contribution in [1.82, 2.24) is 9.13 Å². The number of hydrogen-bond acceptors (Lipinski definition) is 2. The number of imidazole rings is 1. The maximum atomic E-state index is 12.0. The number of alkyl halides is 1. The molecule has 3 nitrogen and oxygen atoms in total. The number of hydrogen-bond donors (Lipinski definition) is 0. The predicted octanol–water partition coefficient (Wildman–Crippen LogP) is 4.68. The van der Waals surface area contributed by atoms with Crippen LogP contribution in [0.15, 0.2) is 32.8 Å². The molecule has 0 amide bonds. The van der Waals surface area contributed by atoms with Gasteiger partial charge >= 0.3 is 5.69 Å². The average Bonchev–Trinajstić information content (AvgIpc) is 2.97. The molecule has 3 aromatic rings. The molecule has 110 valence electrons. The van der Waals surface area contributed by atoms with Crippen molar-refractivity contribution in [3.8, 4) is 0 Å². The van der Waals surface area contributed by atoms with Crippen LogP contribution in [0.5, 0.6) is 0 Å². The SMILES string of the molecule is Cn1c(=O)n(C)c2cc(C(Cl)c3sccc3Cl)c(Br)cc21. The monoisotopic (exact) mass is 404 g/mol. The average molecular weight is 406 g/mol. The largest absolute Gasteiger partial charge is 0.328 e. The number of benzene rings is 1. The maximum absolute atomic E-state index is 12.0. The zero-order valence-electron chi connectivity index (χ0n) is 11.2. The van der Waals surface area contributed by atoms with Gasteiger partial charge in [0.1, 0.15) is 0 Å². The number of rotatable bonds is 2. The van der Waals surface area contributed by atoms with Gasteiger partial charge in [0.15, 0.2) is 0 Å². The molecule has 0 aliphatic rings. The molecule has 21 heavy (non-hydrogen) atoms. The first-order valence-electron chi connectivity index (χ1n) is 6.13. The van der Waals surface area contributed by atoms with Gasteiger partial charge in [0.05, 0.1) is 21.4 Å². The smallest absolute Gasteiger partial charge is 0.295 e. The van der Waals surface area contributed by atoms with E-state index in [0.29, 0.717) is 5.02 Å². The lowest BCUT2D eigenvalue weighted by Crippen LogP contribution is -2.19. The van der Waals surface area contributed by atoms with Gasteiger partial charge < -0.3 is 0 Å². The molecule has 0 aliphatic heterocycles. The van der Waals surface area contributed by atoms with Gasteiger partial charge in [0, 0.05) is 23.4 Å². The second-order valence-corrected chi connectivity index (χ2v) is 7.40. The molecule has 3 rings (SSSR count). The first kappa shape index (κ1) is 15.2. The minimum atomic E-state index is -0.355. The fraction of sp³-hybridized carbons (Fsp3) is 0.214. The molecule has 0 fully saturated rings. The molecule has 1 unspecified atom stereocenters. The van der Waals surface area contributed by atoms with Crippen LogP contribution >= 0.6 is 50.5 Å². The van der Waals surface area contributed by atoms with Crippen LogP contribution in [0.4, 0.5) is 0 Å². The topological polar surface area (TPSA) is 26.9 Å². The minimum Gasteiger partial charge on any atom is -0.295 e. The van der Waals surface area contributed by atoms with E-state index < -0.39 is 0 Å².